The van der Waals surface area contributed by atoms with Gasteiger partial charge in [0.2, 0.25) is 5.91 Å². The first kappa shape index (κ1) is 12.6. The number of hydrogen-bond acceptors (Lipinski definition) is 3. The Morgan fingerprint density at radius 3 is 2.71 bits per heavy atom. The minimum absolute atomic E-state index is 0.0450. The summed E-state index contributed by atoms with van der Waals surface area (Å²) in [7, 11) is 1.37. The number of nitrogens with one attached hydrogen (secondary N) is 2. The normalized spacial score (nSPS) is 35.5. The molecule has 0 radical (unpaired) electrons. The van der Waals surface area contributed by atoms with E-state index in [1.807, 2.05) is 0 Å². The molecule has 1 aliphatic heterocycles. The predicted molar refractivity (Wildman–Crippen MR) is 53.3 cm³/mol. The van der Waals surface area contributed by atoms with Crippen molar-refractivity contribution in [3.63, 3.8) is 0 Å². The van der Waals surface area contributed by atoms with Crippen LogP contribution in [0.15, 0.2) is 0 Å². The summed E-state index contributed by atoms with van der Waals surface area (Å²) >= 11 is 0. The fourth-order valence-electron chi connectivity index (χ4n) is 2.78. The van der Waals surface area contributed by atoms with Crippen molar-refractivity contribution in [1.82, 2.24) is 10.6 Å². The van der Waals surface area contributed by atoms with Crippen molar-refractivity contribution in [3.8, 4) is 0 Å². The lowest BCUT2D eigenvalue weighted by molar-refractivity contribution is -0.190. The minimum atomic E-state index is -4.21. The van der Waals surface area contributed by atoms with Crippen LogP contribution in [0.5, 0.6) is 0 Å². The molecule has 2 fully saturated rings. The van der Waals surface area contributed by atoms with Crippen molar-refractivity contribution >= 4 is 5.91 Å². The maximum Gasteiger partial charge on any atom is 0.396 e. The zero-order valence-electron chi connectivity index (χ0n) is 9.49. The second kappa shape index (κ2) is 3.84. The Morgan fingerprint density at radius 2 is 2.18 bits per heavy atom. The smallest absolute Gasteiger partial charge is 0.375 e. The molecule has 17 heavy (non-hydrogen) atoms. The number of amides is 1. The number of alkyl halides is 3. The highest BCUT2D eigenvalue weighted by Crippen LogP contribution is 2.72. The van der Waals surface area contributed by atoms with Crippen molar-refractivity contribution in [2.24, 2.45) is 10.8 Å². The van der Waals surface area contributed by atoms with Crippen LogP contribution in [0.2, 0.25) is 0 Å². The molecular weight excluding hydrogens is 237 g/mol. The molecule has 1 saturated carbocycles. The number of fused-ring (bicyclic) bond motifs is 1. The van der Waals surface area contributed by atoms with Crippen LogP contribution >= 0.6 is 0 Å². The van der Waals surface area contributed by atoms with Gasteiger partial charge in [0.25, 0.3) is 0 Å². The summed E-state index contributed by atoms with van der Waals surface area (Å²) < 4.78 is 43.4. The van der Waals surface area contributed by atoms with E-state index in [0.29, 0.717) is 6.54 Å². The average Bonchev–Trinajstić information content (AvgIpc) is 2.75. The molecule has 0 aromatic rings. The molecular formula is C10H15F3N2O2. The van der Waals surface area contributed by atoms with Crippen LogP contribution in [0.4, 0.5) is 13.2 Å². The molecule has 0 bridgehead atoms. The quantitative estimate of drug-likeness (QED) is 0.756. The van der Waals surface area contributed by atoms with Gasteiger partial charge < -0.3 is 15.4 Å². The fourth-order valence-corrected chi connectivity index (χ4v) is 2.78. The summed E-state index contributed by atoms with van der Waals surface area (Å²) in [5.41, 5.74) is -2.49. The third-order valence-electron chi connectivity index (χ3n) is 3.86. The topological polar surface area (TPSA) is 50.4 Å². The van der Waals surface area contributed by atoms with Crippen LogP contribution in [0.3, 0.4) is 0 Å². The van der Waals surface area contributed by atoms with Gasteiger partial charge in [0.15, 0.2) is 0 Å². The Bertz CT molecular complexity index is 334. The molecule has 0 aromatic heterocycles. The molecule has 1 amide bonds. The zero-order valence-corrected chi connectivity index (χ0v) is 9.49. The first-order valence-electron chi connectivity index (χ1n) is 5.40. The Morgan fingerprint density at radius 1 is 1.47 bits per heavy atom. The van der Waals surface area contributed by atoms with E-state index < -0.39 is 17.0 Å². The van der Waals surface area contributed by atoms with E-state index in [-0.39, 0.29) is 32.0 Å². The maximum atomic E-state index is 12.9. The predicted octanol–water partition coefficient (Wildman–Crippen LogP) is 0.291. The Balaban J connectivity index is 1.96. The molecule has 0 unspecified atom stereocenters. The Kier molecular flexibility index (Phi) is 2.86. The summed E-state index contributed by atoms with van der Waals surface area (Å²) in [6, 6.07) is 0. The summed E-state index contributed by atoms with van der Waals surface area (Å²) in [4.78, 5) is 11.2. The number of hydrogen-bond donors (Lipinski definition) is 2. The monoisotopic (exact) mass is 252 g/mol. The number of piperidine rings is 1. The number of methoxy groups -OCH3 is 1. The number of carbonyl (C=O) groups is 1. The van der Waals surface area contributed by atoms with Crippen LogP contribution < -0.4 is 10.6 Å². The standard InChI is InChI=1S/C10H15F3N2O2/c1-17-2-7(16)15-5-8-3-9(8,6-14-4-8)10(11,12)13/h14H,2-6H2,1H3,(H,15,16)/t8-,9-/m1/s1. The van der Waals surface area contributed by atoms with Gasteiger partial charge in [0.1, 0.15) is 6.61 Å². The van der Waals surface area contributed by atoms with E-state index in [1.54, 1.807) is 0 Å². The first-order chi connectivity index (χ1) is 7.87. The number of rotatable bonds is 4. The molecule has 7 heteroatoms. The van der Waals surface area contributed by atoms with Crippen molar-refractivity contribution in [2.75, 3.05) is 33.4 Å². The largest absolute Gasteiger partial charge is 0.396 e. The highest BCUT2D eigenvalue weighted by Gasteiger charge is 2.81. The lowest BCUT2D eigenvalue weighted by Gasteiger charge is -2.20. The fraction of sp³-hybridized carbons (Fsp3) is 0.900. The van der Waals surface area contributed by atoms with E-state index in [9.17, 15) is 18.0 Å². The van der Waals surface area contributed by atoms with Crippen molar-refractivity contribution in [2.45, 2.75) is 12.6 Å². The summed E-state index contributed by atoms with van der Waals surface area (Å²) in [5, 5.41) is 5.26. The third kappa shape index (κ3) is 1.81. The Hall–Kier alpha value is -0.820. The van der Waals surface area contributed by atoms with Gasteiger partial charge in [-0.3, -0.25) is 4.79 Å². The van der Waals surface area contributed by atoms with Gasteiger partial charge in [-0.1, -0.05) is 0 Å². The van der Waals surface area contributed by atoms with Crippen molar-refractivity contribution < 1.29 is 22.7 Å². The van der Waals surface area contributed by atoms with Gasteiger partial charge in [0, 0.05) is 32.2 Å². The molecule has 2 atom stereocenters. The number of ether oxygens (including phenoxy) is 1. The minimum Gasteiger partial charge on any atom is -0.375 e. The molecule has 1 aliphatic carbocycles. The SMILES string of the molecule is COCC(=O)NC[C@@]12CNC[C@]1(C(F)(F)F)C2. The molecule has 1 heterocycles. The van der Waals surface area contributed by atoms with Crippen molar-refractivity contribution in [1.29, 1.82) is 0 Å². The molecule has 2 N–H and O–H groups in total. The highest BCUT2D eigenvalue weighted by atomic mass is 19.4. The average molecular weight is 252 g/mol. The van der Waals surface area contributed by atoms with Crippen LogP contribution in [-0.2, 0) is 9.53 Å². The molecule has 1 saturated heterocycles. The lowest BCUT2D eigenvalue weighted by atomic mass is 9.95. The molecule has 98 valence electrons. The van der Waals surface area contributed by atoms with E-state index in [2.05, 4.69) is 15.4 Å². The van der Waals surface area contributed by atoms with Crippen LogP contribution in [0, 0.1) is 10.8 Å². The van der Waals surface area contributed by atoms with Crippen LogP contribution in [-0.4, -0.2) is 45.4 Å². The first-order valence-corrected chi connectivity index (χ1v) is 5.40. The molecule has 0 spiro atoms. The van der Waals surface area contributed by atoms with Crippen LogP contribution in [0.25, 0.3) is 0 Å². The van der Waals surface area contributed by atoms with Crippen LogP contribution in [0.1, 0.15) is 6.42 Å². The molecule has 4 nitrogen and oxygen atoms in total. The lowest BCUT2D eigenvalue weighted by Crippen LogP contribution is -2.38. The second-order valence-electron chi connectivity index (χ2n) is 4.85. The summed E-state index contributed by atoms with van der Waals surface area (Å²) in [6.45, 7) is 0.195. The van der Waals surface area contributed by atoms with E-state index in [0.717, 1.165) is 0 Å². The van der Waals surface area contributed by atoms with E-state index >= 15 is 0 Å². The van der Waals surface area contributed by atoms with E-state index in [4.69, 9.17) is 0 Å². The zero-order chi connectivity index (χ0) is 12.7. The van der Waals surface area contributed by atoms with Gasteiger partial charge in [-0.2, -0.15) is 13.2 Å². The van der Waals surface area contributed by atoms with Gasteiger partial charge in [0.05, 0.1) is 5.41 Å². The molecule has 2 rings (SSSR count). The number of halogens is 3. The van der Waals surface area contributed by atoms with Gasteiger partial charge in [-0.25, -0.2) is 0 Å². The second-order valence-corrected chi connectivity index (χ2v) is 4.85. The summed E-state index contributed by atoms with van der Waals surface area (Å²) in [5.74, 6) is -0.378. The van der Waals surface area contributed by atoms with Gasteiger partial charge in [-0.05, 0) is 6.42 Å². The van der Waals surface area contributed by atoms with Gasteiger partial charge in [-0.15, -0.1) is 0 Å². The number of carbonyl (C=O) groups excluding carboxylic acids is 1. The Labute approximate surface area is 96.9 Å². The maximum absolute atomic E-state index is 12.9. The highest BCUT2D eigenvalue weighted by molar-refractivity contribution is 5.77. The van der Waals surface area contributed by atoms with E-state index in [1.165, 1.54) is 7.11 Å². The van der Waals surface area contributed by atoms with Crippen molar-refractivity contribution in [3.05, 3.63) is 0 Å². The summed E-state index contributed by atoms with van der Waals surface area (Å²) in [6.07, 6.45) is -4.10. The molecule has 2 aliphatic rings. The van der Waals surface area contributed by atoms with Gasteiger partial charge >= 0.3 is 6.18 Å². The third-order valence-corrected chi connectivity index (χ3v) is 3.86. The molecule has 0 aromatic carbocycles.